The molecule has 6 nitrogen and oxygen atoms in total. The summed E-state index contributed by atoms with van der Waals surface area (Å²) in [5.74, 6) is -3.15. The molecule has 102 valence electrons. The first-order chi connectivity index (χ1) is 8.90. The van der Waals surface area contributed by atoms with E-state index in [9.17, 15) is 14.4 Å². The van der Waals surface area contributed by atoms with Gasteiger partial charge in [0.1, 0.15) is 6.04 Å². The number of carbonyl (C=O) groups is 3. The van der Waals surface area contributed by atoms with Crippen molar-refractivity contribution in [2.24, 2.45) is 0 Å². The molecule has 0 bridgehead atoms. The summed E-state index contributed by atoms with van der Waals surface area (Å²) in [5, 5.41) is 19.6. The van der Waals surface area contributed by atoms with Gasteiger partial charge in [-0.3, -0.25) is 9.59 Å². The molecule has 1 aromatic rings. The van der Waals surface area contributed by atoms with Crippen LogP contribution in [-0.4, -0.2) is 34.1 Å². The third kappa shape index (κ3) is 4.79. The van der Waals surface area contributed by atoms with E-state index in [1.807, 2.05) is 19.1 Å². The molecule has 0 unspecified atom stereocenters. The topological polar surface area (TPSA) is 104 Å². The summed E-state index contributed by atoms with van der Waals surface area (Å²) in [6.07, 6.45) is -0.620. The molecule has 0 aliphatic rings. The van der Waals surface area contributed by atoms with Crippen molar-refractivity contribution in [2.75, 3.05) is 0 Å². The van der Waals surface area contributed by atoms with Crippen molar-refractivity contribution < 1.29 is 24.6 Å². The molecule has 0 heterocycles. The van der Waals surface area contributed by atoms with E-state index in [1.165, 1.54) is 0 Å². The number of carboxylic acids is 2. The fraction of sp³-hybridized carbons (Fsp3) is 0.308. The number of aryl methyl sites for hydroxylation is 1. The van der Waals surface area contributed by atoms with E-state index < -0.39 is 30.3 Å². The maximum absolute atomic E-state index is 11.7. The molecule has 0 saturated carbocycles. The lowest BCUT2D eigenvalue weighted by atomic mass is 10.1. The molecule has 1 atom stereocenters. The number of benzene rings is 1. The molecular formula is C13H15NO5. The molecule has 0 spiro atoms. The van der Waals surface area contributed by atoms with E-state index in [4.69, 9.17) is 10.2 Å². The third-order valence-electron chi connectivity index (χ3n) is 2.62. The molecular weight excluding hydrogens is 250 g/mol. The van der Waals surface area contributed by atoms with Crippen molar-refractivity contribution in [1.82, 2.24) is 5.32 Å². The first kappa shape index (κ1) is 14.7. The van der Waals surface area contributed by atoms with Crippen molar-refractivity contribution in [1.29, 1.82) is 0 Å². The average molecular weight is 265 g/mol. The predicted octanol–water partition coefficient (Wildman–Crippen LogP) is 0.582. The molecule has 0 saturated heterocycles. The van der Waals surface area contributed by atoms with Crippen LogP contribution in [0.5, 0.6) is 0 Å². The van der Waals surface area contributed by atoms with Gasteiger partial charge < -0.3 is 15.5 Å². The van der Waals surface area contributed by atoms with Gasteiger partial charge in [0.2, 0.25) is 5.91 Å². The molecule has 3 N–H and O–H groups in total. The van der Waals surface area contributed by atoms with Crippen LogP contribution in [0, 0.1) is 6.92 Å². The summed E-state index contributed by atoms with van der Waals surface area (Å²) >= 11 is 0. The summed E-state index contributed by atoms with van der Waals surface area (Å²) in [7, 11) is 0. The Kier molecular flexibility index (Phi) is 5.05. The second-order valence-corrected chi connectivity index (χ2v) is 4.16. The first-order valence-corrected chi connectivity index (χ1v) is 5.68. The van der Waals surface area contributed by atoms with Crippen LogP contribution in [0.4, 0.5) is 0 Å². The van der Waals surface area contributed by atoms with Gasteiger partial charge in [0.05, 0.1) is 12.8 Å². The summed E-state index contributed by atoms with van der Waals surface area (Å²) in [5.41, 5.74) is 1.70. The van der Waals surface area contributed by atoms with Crippen LogP contribution in [-0.2, 0) is 20.8 Å². The molecule has 0 aliphatic carbocycles. The molecule has 0 aliphatic heterocycles. The van der Waals surface area contributed by atoms with Crippen LogP contribution < -0.4 is 5.32 Å². The molecule has 0 fully saturated rings. The zero-order valence-electron chi connectivity index (χ0n) is 10.4. The van der Waals surface area contributed by atoms with E-state index in [0.29, 0.717) is 0 Å². The lowest BCUT2D eigenvalue weighted by Crippen LogP contribution is -2.42. The normalized spacial score (nSPS) is 11.6. The standard InChI is InChI=1S/C13H15NO5/c1-8-4-2-3-5-9(8)6-11(15)14-10(13(18)19)7-12(16)17/h2-5,10H,6-7H2,1H3,(H,14,15)(H,16,17)(H,18,19)/t10-/m1/s1. The van der Waals surface area contributed by atoms with Gasteiger partial charge in [0, 0.05) is 0 Å². The van der Waals surface area contributed by atoms with Crippen LogP contribution in [0.1, 0.15) is 17.5 Å². The molecule has 0 radical (unpaired) electrons. The summed E-state index contributed by atoms with van der Waals surface area (Å²) in [6, 6.07) is 5.81. The Balaban J connectivity index is 2.65. The van der Waals surface area contributed by atoms with Crippen molar-refractivity contribution in [3.05, 3.63) is 35.4 Å². The maximum Gasteiger partial charge on any atom is 0.326 e. The Hall–Kier alpha value is -2.37. The van der Waals surface area contributed by atoms with Gasteiger partial charge in [-0.25, -0.2) is 4.79 Å². The van der Waals surface area contributed by atoms with E-state index in [2.05, 4.69) is 5.32 Å². The Morgan fingerprint density at radius 1 is 1.21 bits per heavy atom. The van der Waals surface area contributed by atoms with Gasteiger partial charge >= 0.3 is 11.9 Å². The number of carboxylic acid groups (broad SMARTS) is 2. The molecule has 6 heteroatoms. The van der Waals surface area contributed by atoms with Crippen molar-refractivity contribution >= 4 is 17.8 Å². The quantitative estimate of drug-likeness (QED) is 0.698. The number of rotatable bonds is 6. The average Bonchev–Trinajstić information content (AvgIpc) is 2.30. The van der Waals surface area contributed by atoms with E-state index in [0.717, 1.165) is 11.1 Å². The zero-order valence-corrected chi connectivity index (χ0v) is 10.4. The predicted molar refractivity (Wildman–Crippen MR) is 66.7 cm³/mol. The molecule has 1 amide bonds. The third-order valence-corrected chi connectivity index (χ3v) is 2.62. The van der Waals surface area contributed by atoms with Crippen LogP contribution in [0.2, 0.25) is 0 Å². The Labute approximate surface area is 110 Å². The highest BCUT2D eigenvalue weighted by molar-refractivity contribution is 5.87. The molecule has 19 heavy (non-hydrogen) atoms. The van der Waals surface area contributed by atoms with Gasteiger partial charge in [0.15, 0.2) is 0 Å². The number of aliphatic carboxylic acids is 2. The van der Waals surface area contributed by atoms with Crippen LogP contribution in [0.25, 0.3) is 0 Å². The molecule has 1 rings (SSSR count). The van der Waals surface area contributed by atoms with E-state index in [-0.39, 0.29) is 6.42 Å². The minimum atomic E-state index is -1.41. The fourth-order valence-electron chi connectivity index (χ4n) is 1.60. The Bertz CT molecular complexity index is 498. The van der Waals surface area contributed by atoms with Gasteiger partial charge in [-0.05, 0) is 18.1 Å². The van der Waals surface area contributed by atoms with Gasteiger partial charge in [-0.2, -0.15) is 0 Å². The number of hydrogen-bond acceptors (Lipinski definition) is 3. The first-order valence-electron chi connectivity index (χ1n) is 5.68. The molecule has 0 aromatic heterocycles. The van der Waals surface area contributed by atoms with Crippen LogP contribution in [0.15, 0.2) is 24.3 Å². The number of amides is 1. The fourth-order valence-corrected chi connectivity index (χ4v) is 1.60. The minimum absolute atomic E-state index is 0.0239. The van der Waals surface area contributed by atoms with Crippen LogP contribution >= 0.6 is 0 Å². The molecule has 1 aromatic carbocycles. The second kappa shape index (κ2) is 6.53. The summed E-state index contributed by atoms with van der Waals surface area (Å²) in [4.78, 5) is 33.0. The lowest BCUT2D eigenvalue weighted by Gasteiger charge is -2.13. The van der Waals surface area contributed by atoms with Crippen molar-refractivity contribution in [2.45, 2.75) is 25.8 Å². The summed E-state index contributed by atoms with van der Waals surface area (Å²) < 4.78 is 0. The van der Waals surface area contributed by atoms with E-state index in [1.54, 1.807) is 12.1 Å². The largest absolute Gasteiger partial charge is 0.481 e. The van der Waals surface area contributed by atoms with Gasteiger partial charge in [-0.1, -0.05) is 24.3 Å². The Morgan fingerprint density at radius 3 is 2.37 bits per heavy atom. The number of hydrogen-bond donors (Lipinski definition) is 3. The number of nitrogens with one attached hydrogen (secondary N) is 1. The highest BCUT2D eigenvalue weighted by Gasteiger charge is 2.23. The van der Waals surface area contributed by atoms with Crippen LogP contribution in [0.3, 0.4) is 0 Å². The zero-order chi connectivity index (χ0) is 14.4. The maximum atomic E-state index is 11.7. The lowest BCUT2D eigenvalue weighted by molar-refractivity contribution is -0.147. The smallest absolute Gasteiger partial charge is 0.326 e. The minimum Gasteiger partial charge on any atom is -0.481 e. The Morgan fingerprint density at radius 2 is 1.84 bits per heavy atom. The van der Waals surface area contributed by atoms with E-state index >= 15 is 0 Å². The second-order valence-electron chi connectivity index (χ2n) is 4.16. The van der Waals surface area contributed by atoms with Crippen molar-refractivity contribution in [3.63, 3.8) is 0 Å². The number of carbonyl (C=O) groups excluding carboxylic acids is 1. The SMILES string of the molecule is Cc1ccccc1CC(=O)N[C@H](CC(=O)O)C(=O)O. The van der Waals surface area contributed by atoms with Crippen molar-refractivity contribution in [3.8, 4) is 0 Å². The highest BCUT2D eigenvalue weighted by Crippen LogP contribution is 2.07. The van der Waals surface area contributed by atoms with Gasteiger partial charge in [-0.15, -0.1) is 0 Å². The highest BCUT2D eigenvalue weighted by atomic mass is 16.4. The van der Waals surface area contributed by atoms with Gasteiger partial charge in [0.25, 0.3) is 0 Å². The summed E-state index contributed by atoms with van der Waals surface area (Å²) in [6.45, 7) is 1.84. The monoisotopic (exact) mass is 265 g/mol.